The SMILES string of the molecule is c1ccc(-n2ccc3c2ccc2c4ccc5c(c6ccccc6n5-c5ccccc5)c4n(-c4cccc(-c5cccnc5)n4)c23)cc1. The Kier molecular flexibility index (Phi) is 5.51. The van der Waals surface area contributed by atoms with E-state index in [4.69, 9.17) is 4.98 Å². The lowest BCUT2D eigenvalue weighted by atomic mass is 10.1. The van der Waals surface area contributed by atoms with Crippen LogP contribution in [0.25, 0.3) is 83.0 Å². The van der Waals surface area contributed by atoms with Gasteiger partial charge in [0.1, 0.15) is 5.82 Å². The van der Waals surface area contributed by atoms with Crippen molar-refractivity contribution in [2.45, 2.75) is 0 Å². The van der Waals surface area contributed by atoms with Crippen molar-refractivity contribution in [2.75, 3.05) is 0 Å². The van der Waals surface area contributed by atoms with E-state index in [1.807, 2.05) is 12.3 Å². The van der Waals surface area contributed by atoms with Crippen molar-refractivity contribution in [3.63, 3.8) is 0 Å². The first-order valence-electron chi connectivity index (χ1n) is 15.8. The average Bonchev–Trinajstić information content (AvgIpc) is 3.83. The third-order valence-corrected chi connectivity index (χ3v) is 9.36. The number of hydrogen-bond donors (Lipinski definition) is 0. The van der Waals surface area contributed by atoms with E-state index >= 15 is 0 Å². The summed E-state index contributed by atoms with van der Waals surface area (Å²) in [6, 6.07) is 51.6. The fourth-order valence-electron chi connectivity index (χ4n) is 7.38. The zero-order valence-corrected chi connectivity index (χ0v) is 25.3. The lowest BCUT2D eigenvalue weighted by molar-refractivity contribution is 1.09. The van der Waals surface area contributed by atoms with Crippen LogP contribution in [0.3, 0.4) is 0 Å². The molecule has 0 saturated carbocycles. The van der Waals surface area contributed by atoms with Gasteiger partial charge < -0.3 is 9.13 Å². The van der Waals surface area contributed by atoms with Crippen molar-refractivity contribution < 1.29 is 0 Å². The summed E-state index contributed by atoms with van der Waals surface area (Å²) in [5.41, 5.74) is 9.94. The molecule has 0 atom stereocenters. The van der Waals surface area contributed by atoms with Crippen LogP contribution >= 0.6 is 0 Å². The van der Waals surface area contributed by atoms with Crippen LogP contribution in [0.5, 0.6) is 0 Å². The molecule has 0 saturated heterocycles. The van der Waals surface area contributed by atoms with Crippen LogP contribution in [0.15, 0.2) is 164 Å². The maximum atomic E-state index is 5.32. The van der Waals surface area contributed by atoms with Gasteiger partial charge in [0, 0.05) is 62.5 Å². The fourth-order valence-corrected chi connectivity index (χ4v) is 7.38. The third kappa shape index (κ3) is 3.77. The van der Waals surface area contributed by atoms with E-state index in [-0.39, 0.29) is 0 Å². The molecular formula is C42H27N5. The quantitative estimate of drug-likeness (QED) is 0.201. The Morgan fingerprint density at radius 1 is 0.447 bits per heavy atom. The van der Waals surface area contributed by atoms with Crippen molar-refractivity contribution in [1.29, 1.82) is 0 Å². The fraction of sp³-hybridized carbons (Fsp3) is 0. The molecule has 5 heterocycles. The van der Waals surface area contributed by atoms with E-state index in [9.17, 15) is 0 Å². The molecule has 5 aromatic heterocycles. The van der Waals surface area contributed by atoms with Gasteiger partial charge in [-0.05, 0) is 72.8 Å². The normalized spacial score (nSPS) is 11.8. The summed E-state index contributed by atoms with van der Waals surface area (Å²) < 4.78 is 7.05. The highest BCUT2D eigenvalue weighted by molar-refractivity contribution is 6.28. The van der Waals surface area contributed by atoms with Crippen LogP contribution in [-0.2, 0) is 0 Å². The minimum atomic E-state index is 0.871. The molecular weight excluding hydrogens is 574 g/mol. The molecule has 0 aliphatic heterocycles. The summed E-state index contributed by atoms with van der Waals surface area (Å²) in [7, 11) is 0. The maximum absolute atomic E-state index is 5.32. The maximum Gasteiger partial charge on any atom is 0.138 e. The van der Waals surface area contributed by atoms with E-state index in [1.165, 1.54) is 32.4 Å². The molecule has 0 aliphatic rings. The highest BCUT2D eigenvalue weighted by Gasteiger charge is 2.23. The van der Waals surface area contributed by atoms with Gasteiger partial charge in [-0.15, -0.1) is 0 Å². The van der Waals surface area contributed by atoms with Crippen LogP contribution in [-0.4, -0.2) is 23.7 Å². The predicted molar refractivity (Wildman–Crippen MR) is 193 cm³/mol. The first-order valence-corrected chi connectivity index (χ1v) is 15.8. The highest BCUT2D eigenvalue weighted by atomic mass is 15.1. The lowest BCUT2D eigenvalue weighted by Gasteiger charge is -2.11. The number of fused-ring (bicyclic) bond motifs is 9. The van der Waals surface area contributed by atoms with E-state index in [1.54, 1.807) is 6.20 Å². The Bertz CT molecular complexity index is 2770. The van der Waals surface area contributed by atoms with Crippen LogP contribution in [0.1, 0.15) is 0 Å². The van der Waals surface area contributed by atoms with Crippen molar-refractivity contribution in [2.24, 2.45) is 0 Å². The Morgan fingerprint density at radius 2 is 1.19 bits per heavy atom. The molecule has 5 aromatic carbocycles. The molecule has 0 amide bonds. The first kappa shape index (κ1) is 25.8. The number of pyridine rings is 2. The zero-order chi connectivity index (χ0) is 30.9. The van der Waals surface area contributed by atoms with Gasteiger partial charge >= 0.3 is 0 Å². The largest absolute Gasteiger partial charge is 0.316 e. The molecule has 0 radical (unpaired) electrons. The molecule has 0 spiro atoms. The molecule has 10 aromatic rings. The van der Waals surface area contributed by atoms with Crippen LogP contribution in [0.4, 0.5) is 0 Å². The van der Waals surface area contributed by atoms with Gasteiger partial charge in [-0.2, -0.15) is 0 Å². The second kappa shape index (κ2) is 10.0. The minimum Gasteiger partial charge on any atom is -0.316 e. The summed E-state index contributed by atoms with van der Waals surface area (Å²) >= 11 is 0. The molecule has 5 heteroatoms. The Labute approximate surface area is 270 Å². The zero-order valence-electron chi connectivity index (χ0n) is 25.3. The number of nitrogens with zero attached hydrogens (tertiary/aromatic N) is 5. The molecule has 0 fully saturated rings. The van der Waals surface area contributed by atoms with Crippen molar-refractivity contribution in [1.82, 2.24) is 23.7 Å². The summed E-state index contributed by atoms with van der Waals surface area (Å²) in [4.78, 5) is 9.70. The van der Waals surface area contributed by atoms with Crippen LogP contribution in [0.2, 0.25) is 0 Å². The molecule has 220 valence electrons. The number of rotatable bonds is 4. The van der Waals surface area contributed by atoms with Gasteiger partial charge in [-0.1, -0.05) is 72.8 Å². The second-order valence-electron chi connectivity index (χ2n) is 11.9. The minimum absolute atomic E-state index is 0.871. The van der Waals surface area contributed by atoms with Gasteiger partial charge in [-0.3, -0.25) is 9.55 Å². The summed E-state index contributed by atoms with van der Waals surface area (Å²) in [6.07, 6.45) is 5.85. The smallest absolute Gasteiger partial charge is 0.138 e. The lowest BCUT2D eigenvalue weighted by Crippen LogP contribution is -2.00. The van der Waals surface area contributed by atoms with E-state index in [0.717, 1.165) is 50.5 Å². The molecule has 5 nitrogen and oxygen atoms in total. The Morgan fingerprint density at radius 3 is 2.00 bits per heavy atom. The molecule has 0 unspecified atom stereocenters. The third-order valence-electron chi connectivity index (χ3n) is 9.36. The molecule has 0 aliphatic carbocycles. The number of hydrogen-bond acceptors (Lipinski definition) is 2. The Hall–Kier alpha value is -6.46. The van der Waals surface area contributed by atoms with E-state index in [0.29, 0.717) is 0 Å². The molecule has 0 N–H and O–H groups in total. The standard InChI is InChI=1S/C42H27N5/c1-3-12-29(13-4-1)45-26-24-34-36(45)22-20-31-32-21-23-38-40(33-16-7-8-18-37(33)46(38)30-14-5-2-6-15-30)42(32)47(41(31)34)39-19-9-17-35(44-39)28-11-10-25-43-27-28/h1-27H. The monoisotopic (exact) mass is 601 g/mol. The van der Waals surface area contributed by atoms with Crippen LogP contribution in [0, 0.1) is 0 Å². The number of aromatic nitrogens is 5. The van der Waals surface area contributed by atoms with Gasteiger partial charge in [0.15, 0.2) is 0 Å². The number of benzene rings is 5. The van der Waals surface area contributed by atoms with Gasteiger partial charge in [0.2, 0.25) is 0 Å². The second-order valence-corrected chi connectivity index (χ2v) is 11.9. The van der Waals surface area contributed by atoms with Crippen molar-refractivity contribution in [3.05, 3.63) is 164 Å². The highest BCUT2D eigenvalue weighted by Crippen LogP contribution is 2.44. The average molecular weight is 602 g/mol. The topological polar surface area (TPSA) is 40.6 Å². The summed E-state index contributed by atoms with van der Waals surface area (Å²) in [5, 5.41) is 6.00. The Balaban J connectivity index is 1.40. The molecule has 47 heavy (non-hydrogen) atoms. The van der Waals surface area contributed by atoms with Crippen molar-refractivity contribution in [3.8, 4) is 28.5 Å². The predicted octanol–water partition coefficient (Wildman–Crippen LogP) is 10.3. The summed E-state index contributed by atoms with van der Waals surface area (Å²) in [6.45, 7) is 0. The van der Waals surface area contributed by atoms with E-state index in [2.05, 4.69) is 164 Å². The van der Waals surface area contributed by atoms with Gasteiger partial charge in [0.05, 0.1) is 33.3 Å². The van der Waals surface area contributed by atoms with Gasteiger partial charge in [-0.25, -0.2) is 4.98 Å². The van der Waals surface area contributed by atoms with Crippen molar-refractivity contribution >= 4 is 54.5 Å². The molecule has 10 rings (SSSR count). The summed E-state index contributed by atoms with van der Waals surface area (Å²) in [5.74, 6) is 0.871. The van der Waals surface area contributed by atoms with E-state index < -0.39 is 0 Å². The first-order chi connectivity index (χ1) is 23.3. The number of para-hydroxylation sites is 3. The van der Waals surface area contributed by atoms with Crippen LogP contribution < -0.4 is 0 Å². The van der Waals surface area contributed by atoms with Gasteiger partial charge in [0.25, 0.3) is 0 Å². The molecule has 0 bridgehead atoms.